The van der Waals surface area contributed by atoms with Crippen LogP contribution in [0.5, 0.6) is 0 Å². The molecule has 1 aliphatic rings. The molecule has 1 aliphatic heterocycles. The van der Waals surface area contributed by atoms with Crippen molar-refractivity contribution >= 4 is 51.2 Å². The average Bonchev–Trinajstić information content (AvgIpc) is 2.49. The topological polar surface area (TPSA) is 46.6 Å². The van der Waals surface area contributed by atoms with Crippen molar-refractivity contribution in [2.24, 2.45) is 0 Å². The predicted molar refractivity (Wildman–Crippen MR) is 87.9 cm³/mol. The molecule has 114 valence electrons. The van der Waals surface area contributed by atoms with Crippen molar-refractivity contribution in [2.45, 2.75) is 13.0 Å². The number of esters is 1. The molecule has 4 nitrogen and oxygen atoms in total. The summed E-state index contributed by atoms with van der Waals surface area (Å²) in [6.07, 6.45) is 0. The Morgan fingerprint density at radius 1 is 1.52 bits per heavy atom. The van der Waals surface area contributed by atoms with Gasteiger partial charge in [0.2, 0.25) is 0 Å². The first-order valence-corrected chi connectivity index (χ1v) is 8.87. The van der Waals surface area contributed by atoms with Crippen LogP contribution in [0.3, 0.4) is 0 Å². The molecule has 0 radical (unpaired) electrons. The molecule has 1 aromatic rings. The van der Waals surface area contributed by atoms with Crippen LogP contribution in [0, 0.1) is 0 Å². The minimum absolute atomic E-state index is 0.175. The molecule has 1 atom stereocenters. The van der Waals surface area contributed by atoms with Crippen LogP contribution in [0.2, 0.25) is 5.02 Å². The van der Waals surface area contributed by atoms with E-state index >= 15 is 0 Å². The number of rotatable bonds is 3. The number of thioether (sulfide) groups is 1. The van der Waals surface area contributed by atoms with Crippen LogP contribution in [0.25, 0.3) is 0 Å². The zero-order chi connectivity index (χ0) is 15.4. The first-order chi connectivity index (χ1) is 10.0. The summed E-state index contributed by atoms with van der Waals surface area (Å²) in [6, 6.07) is 4.48. The second kappa shape index (κ2) is 7.51. The van der Waals surface area contributed by atoms with Gasteiger partial charge in [-0.2, -0.15) is 11.8 Å². The number of nitrogens with zero attached hydrogens (tertiary/aromatic N) is 1. The molecule has 21 heavy (non-hydrogen) atoms. The number of benzene rings is 1. The molecule has 0 bridgehead atoms. The molecule has 0 N–H and O–H groups in total. The molecule has 7 heteroatoms. The predicted octanol–water partition coefficient (Wildman–Crippen LogP) is 3.22. The SMILES string of the molecule is CCOC(=O)C1CSCCN1C(=O)c1ccc(Cl)c(Br)c1. The van der Waals surface area contributed by atoms with Crippen molar-refractivity contribution in [1.82, 2.24) is 4.90 Å². The van der Waals surface area contributed by atoms with Gasteiger partial charge < -0.3 is 9.64 Å². The van der Waals surface area contributed by atoms with Gasteiger partial charge in [0.1, 0.15) is 6.04 Å². The Labute approximate surface area is 141 Å². The molecule has 1 unspecified atom stereocenters. The number of hydrogen-bond acceptors (Lipinski definition) is 4. The van der Waals surface area contributed by atoms with Gasteiger partial charge in [-0.15, -0.1) is 0 Å². The quantitative estimate of drug-likeness (QED) is 0.741. The maximum atomic E-state index is 12.6. The third-order valence-electron chi connectivity index (χ3n) is 3.11. The maximum Gasteiger partial charge on any atom is 0.329 e. The Balaban J connectivity index is 2.21. The number of halogens is 2. The van der Waals surface area contributed by atoms with Crippen molar-refractivity contribution in [1.29, 1.82) is 0 Å². The van der Waals surface area contributed by atoms with E-state index in [1.54, 1.807) is 41.8 Å². The van der Waals surface area contributed by atoms with E-state index in [4.69, 9.17) is 16.3 Å². The van der Waals surface area contributed by atoms with Gasteiger partial charge in [-0.25, -0.2) is 4.79 Å². The van der Waals surface area contributed by atoms with Crippen molar-refractivity contribution in [3.8, 4) is 0 Å². The summed E-state index contributed by atoms with van der Waals surface area (Å²) in [5.74, 6) is 0.868. The highest BCUT2D eigenvalue weighted by molar-refractivity contribution is 9.10. The summed E-state index contributed by atoms with van der Waals surface area (Å²) in [7, 11) is 0. The molecule has 1 heterocycles. The summed E-state index contributed by atoms with van der Waals surface area (Å²) in [6.45, 7) is 2.61. The van der Waals surface area contributed by atoms with Gasteiger partial charge in [0.15, 0.2) is 0 Å². The average molecular weight is 393 g/mol. The lowest BCUT2D eigenvalue weighted by Crippen LogP contribution is -2.51. The summed E-state index contributed by atoms with van der Waals surface area (Å²) in [4.78, 5) is 26.2. The molecular formula is C14H15BrClNO3S. The normalized spacial score (nSPS) is 18.4. The second-order valence-corrected chi connectivity index (χ2v) is 6.88. The highest BCUT2D eigenvalue weighted by Crippen LogP contribution is 2.26. The van der Waals surface area contributed by atoms with Crippen LogP contribution in [-0.4, -0.2) is 47.5 Å². The Kier molecular flexibility index (Phi) is 5.96. The molecule has 0 aliphatic carbocycles. The first-order valence-electron chi connectivity index (χ1n) is 6.55. The minimum atomic E-state index is -0.523. The summed E-state index contributed by atoms with van der Waals surface area (Å²) < 4.78 is 5.73. The van der Waals surface area contributed by atoms with E-state index in [1.807, 2.05) is 0 Å². The largest absolute Gasteiger partial charge is 0.464 e. The van der Waals surface area contributed by atoms with Gasteiger partial charge in [-0.05, 0) is 41.1 Å². The van der Waals surface area contributed by atoms with E-state index < -0.39 is 6.04 Å². The maximum absolute atomic E-state index is 12.6. The smallest absolute Gasteiger partial charge is 0.329 e. The van der Waals surface area contributed by atoms with E-state index in [-0.39, 0.29) is 11.9 Å². The van der Waals surface area contributed by atoms with Crippen LogP contribution in [-0.2, 0) is 9.53 Å². The zero-order valence-electron chi connectivity index (χ0n) is 11.5. The number of carbonyl (C=O) groups excluding carboxylic acids is 2. The van der Waals surface area contributed by atoms with Gasteiger partial charge in [0.25, 0.3) is 5.91 Å². The van der Waals surface area contributed by atoms with Gasteiger partial charge >= 0.3 is 5.97 Å². The Morgan fingerprint density at radius 2 is 2.29 bits per heavy atom. The highest BCUT2D eigenvalue weighted by atomic mass is 79.9. The Hall–Kier alpha value is -0.720. The third kappa shape index (κ3) is 3.93. The van der Waals surface area contributed by atoms with Crippen molar-refractivity contribution in [3.63, 3.8) is 0 Å². The lowest BCUT2D eigenvalue weighted by atomic mass is 10.1. The molecule has 1 fully saturated rings. The Bertz CT molecular complexity index is 555. The monoisotopic (exact) mass is 391 g/mol. The lowest BCUT2D eigenvalue weighted by Gasteiger charge is -2.33. The van der Waals surface area contributed by atoms with Crippen LogP contribution >= 0.6 is 39.3 Å². The molecule has 2 rings (SSSR count). The van der Waals surface area contributed by atoms with E-state index in [1.165, 1.54) is 0 Å². The van der Waals surface area contributed by atoms with Crippen molar-refractivity contribution in [3.05, 3.63) is 33.3 Å². The summed E-state index contributed by atoms with van der Waals surface area (Å²) >= 11 is 10.9. The fraction of sp³-hybridized carbons (Fsp3) is 0.429. The number of carbonyl (C=O) groups is 2. The Morgan fingerprint density at radius 3 is 2.95 bits per heavy atom. The van der Waals surface area contributed by atoms with Crippen LogP contribution in [0.1, 0.15) is 17.3 Å². The summed E-state index contributed by atoms with van der Waals surface area (Å²) in [5.41, 5.74) is 0.507. The van der Waals surface area contributed by atoms with E-state index in [0.717, 1.165) is 5.75 Å². The molecule has 0 saturated carbocycles. The zero-order valence-corrected chi connectivity index (χ0v) is 14.6. The second-order valence-electron chi connectivity index (χ2n) is 4.47. The van der Waals surface area contributed by atoms with Gasteiger partial charge in [0.05, 0.1) is 11.6 Å². The molecule has 1 saturated heterocycles. The van der Waals surface area contributed by atoms with Gasteiger partial charge in [-0.3, -0.25) is 4.79 Å². The minimum Gasteiger partial charge on any atom is -0.464 e. The van der Waals surface area contributed by atoms with Crippen molar-refractivity contribution in [2.75, 3.05) is 24.7 Å². The van der Waals surface area contributed by atoms with Gasteiger partial charge in [0, 0.05) is 28.1 Å². The number of ether oxygens (including phenoxy) is 1. The van der Waals surface area contributed by atoms with E-state index in [9.17, 15) is 9.59 Å². The molecule has 1 amide bonds. The van der Waals surface area contributed by atoms with Crippen LogP contribution in [0.15, 0.2) is 22.7 Å². The standard InChI is InChI=1S/C14H15BrClNO3S/c1-2-20-14(19)12-8-21-6-5-17(12)13(18)9-3-4-11(16)10(15)7-9/h3-4,7,12H,2,5-6,8H2,1H3. The molecular weight excluding hydrogens is 378 g/mol. The lowest BCUT2D eigenvalue weighted by molar-refractivity contribution is -0.147. The number of amides is 1. The summed E-state index contributed by atoms with van der Waals surface area (Å²) in [5, 5.41) is 0.544. The molecule has 1 aromatic carbocycles. The van der Waals surface area contributed by atoms with Gasteiger partial charge in [-0.1, -0.05) is 11.6 Å². The first kappa shape index (κ1) is 16.6. The van der Waals surface area contributed by atoms with E-state index in [2.05, 4.69) is 15.9 Å². The fourth-order valence-electron chi connectivity index (χ4n) is 2.08. The molecule has 0 aromatic heterocycles. The van der Waals surface area contributed by atoms with E-state index in [0.29, 0.717) is 34.0 Å². The van der Waals surface area contributed by atoms with Crippen molar-refractivity contribution < 1.29 is 14.3 Å². The highest BCUT2D eigenvalue weighted by Gasteiger charge is 2.34. The third-order valence-corrected chi connectivity index (χ3v) is 5.35. The van der Waals surface area contributed by atoms with Crippen LogP contribution < -0.4 is 0 Å². The molecule has 0 spiro atoms. The number of hydrogen-bond donors (Lipinski definition) is 0. The fourth-order valence-corrected chi connectivity index (χ4v) is 3.60. The van der Waals surface area contributed by atoms with Crippen LogP contribution in [0.4, 0.5) is 0 Å².